The molecule has 0 spiro atoms. The first-order valence-electron chi connectivity index (χ1n) is 46.4. The Morgan fingerprint density at radius 2 is 0.429 bits per heavy atom. The SMILES string of the molecule is CC.CC.CC.CC.CC.CCC.CCCCCCCCC.CCCCCCCCCCCCN(CC=[N+]1CCN(C(=O)CN(CCCCCCCCCCCC)CCCCCCCCCCCC)CC1)CCN(CCCCCCCCCCCC)CCCCCCCCCCCC. The number of piperazine rings is 1. The Morgan fingerprint density at radius 1 is 0.255 bits per heavy atom. The summed E-state index contributed by atoms with van der Waals surface area (Å²) in [5.74, 6) is 0.381. The van der Waals surface area contributed by atoms with E-state index in [2.05, 4.69) is 92.7 Å². The molecular formula is C92H200N5O+. The molecule has 0 saturated carbocycles. The molecule has 1 amide bonds. The Labute approximate surface area is 626 Å². The summed E-state index contributed by atoms with van der Waals surface area (Å²) in [7, 11) is 0. The van der Waals surface area contributed by atoms with E-state index in [0.717, 1.165) is 45.8 Å². The van der Waals surface area contributed by atoms with Gasteiger partial charge < -0.3 is 9.80 Å². The van der Waals surface area contributed by atoms with Gasteiger partial charge in [0, 0.05) is 13.1 Å². The second kappa shape index (κ2) is 109. The number of nitrogens with zero attached hydrogens (tertiary/aromatic N) is 5. The van der Waals surface area contributed by atoms with Crippen LogP contribution in [-0.4, -0.2) is 121 Å². The quantitative estimate of drug-likeness (QED) is 0.0449. The Kier molecular flexibility index (Phi) is 123. The van der Waals surface area contributed by atoms with Crippen molar-refractivity contribution < 1.29 is 9.37 Å². The lowest BCUT2D eigenvalue weighted by molar-refractivity contribution is -0.534. The van der Waals surface area contributed by atoms with Crippen LogP contribution in [0.25, 0.3) is 0 Å². The van der Waals surface area contributed by atoms with Crippen molar-refractivity contribution in [2.24, 2.45) is 0 Å². The summed E-state index contributed by atoms with van der Waals surface area (Å²) in [5.41, 5.74) is 0. The fourth-order valence-electron chi connectivity index (χ4n) is 13.0. The van der Waals surface area contributed by atoms with Crippen LogP contribution in [0.15, 0.2) is 0 Å². The van der Waals surface area contributed by atoms with Gasteiger partial charge in [-0.3, -0.25) is 14.6 Å². The lowest BCUT2D eigenvalue weighted by Gasteiger charge is -2.29. The fraction of sp³-hybridized carbons (Fsp3) is 0.978. The van der Waals surface area contributed by atoms with E-state index >= 15 is 0 Å². The number of carbonyl (C=O) groups excluding carboxylic acids is 1. The third-order valence-electron chi connectivity index (χ3n) is 19.2. The van der Waals surface area contributed by atoms with E-state index in [1.54, 1.807) is 0 Å². The van der Waals surface area contributed by atoms with Crippen LogP contribution in [0.2, 0.25) is 0 Å². The minimum absolute atomic E-state index is 0.381. The van der Waals surface area contributed by atoms with Crippen LogP contribution < -0.4 is 0 Å². The molecular weight excluding hydrogens is 1190 g/mol. The summed E-state index contributed by atoms with van der Waals surface area (Å²) < 4.78 is 2.58. The van der Waals surface area contributed by atoms with Crippen molar-refractivity contribution in [3.63, 3.8) is 0 Å². The minimum Gasteiger partial charge on any atom is -0.329 e. The van der Waals surface area contributed by atoms with Crippen molar-refractivity contribution in [3.05, 3.63) is 0 Å². The summed E-state index contributed by atoms with van der Waals surface area (Å²) in [6.45, 7) is 54.2. The van der Waals surface area contributed by atoms with Gasteiger partial charge in [-0.05, 0) is 64.8 Å². The van der Waals surface area contributed by atoms with Gasteiger partial charge in [0.15, 0.2) is 19.3 Å². The molecule has 1 rings (SSSR count). The van der Waals surface area contributed by atoms with Gasteiger partial charge in [0.1, 0.15) is 0 Å². The van der Waals surface area contributed by atoms with Gasteiger partial charge in [-0.15, -0.1) is 0 Å². The zero-order valence-electron chi connectivity index (χ0n) is 72.9. The van der Waals surface area contributed by atoms with E-state index < -0.39 is 0 Å². The number of unbranched alkanes of at least 4 members (excludes halogenated alkanes) is 51. The zero-order valence-corrected chi connectivity index (χ0v) is 72.9. The predicted molar refractivity (Wildman–Crippen MR) is 458 cm³/mol. The highest BCUT2D eigenvalue weighted by Gasteiger charge is 2.25. The summed E-state index contributed by atoms with van der Waals surface area (Å²) in [6.07, 6.45) is 83.6. The lowest BCUT2D eigenvalue weighted by atomic mass is 10.1. The number of rotatable bonds is 68. The molecule has 0 aromatic rings. The van der Waals surface area contributed by atoms with Gasteiger partial charge in [0.2, 0.25) is 5.91 Å². The molecule has 1 heterocycles. The van der Waals surface area contributed by atoms with Crippen LogP contribution in [0, 0.1) is 0 Å². The van der Waals surface area contributed by atoms with E-state index in [4.69, 9.17) is 0 Å². The second-order valence-electron chi connectivity index (χ2n) is 28.4. The van der Waals surface area contributed by atoms with E-state index in [1.165, 1.54) is 405 Å². The molecule has 1 aliphatic rings. The van der Waals surface area contributed by atoms with E-state index in [1.807, 2.05) is 69.2 Å². The van der Waals surface area contributed by atoms with Crippen LogP contribution in [0.3, 0.4) is 0 Å². The molecule has 1 saturated heterocycles. The van der Waals surface area contributed by atoms with Crippen molar-refractivity contribution in [3.8, 4) is 0 Å². The molecule has 0 aromatic heterocycles. The van der Waals surface area contributed by atoms with Crippen LogP contribution in [0.5, 0.6) is 0 Å². The molecule has 0 atom stereocenters. The zero-order chi connectivity index (χ0) is 74.4. The summed E-state index contributed by atoms with van der Waals surface area (Å²) in [4.78, 5) is 24.4. The maximum absolute atomic E-state index is 14.0. The molecule has 0 radical (unpaired) electrons. The van der Waals surface area contributed by atoms with Gasteiger partial charge in [0.25, 0.3) is 0 Å². The first kappa shape index (κ1) is 110. The van der Waals surface area contributed by atoms with Gasteiger partial charge >= 0.3 is 0 Å². The second-order valence-corrected chi connectivity index (χ2v) is 28.4. The third-order valence-corrected chi connectivity index (χ3v) is 19.2. The Bertz CT molecular complexity index is 1240. The topological polar surface area (TPSA) is 33.0 Å². The molecule has 6 heteroatoms. The fourth-order valence-corrected chi connectivity index (χ4v) is 13.0. The summed E-state index contributed by atoms with van der Waals surface area (Å²) in [6, 6.07) is 0. The molecule has 0 N–H and O–H groups in total. The van der Waals surface area contributed by atoms with Crippen molar-refractivity contribution in [2.75, 3.05) is 85.1 Å². The summed E-state index contributed by atoms with van der Waals surface area (Å²) in [5, 5.41) is 0. The van der Waals surface area contributed by atoms with Crippen LogP contribution in [0.4, 0.5) is 0 Å². The van der Waals surface area contributed by atoms with Gasteiger partial charge in [-0.25, -0.2) is 4.58 Å². The standard InChI is InChI=1S/C70H142N5O.C9H20.C3H8.5C2H6/c1-6-11-16-21-26-31-36-41-46-51-56-71(57-52-47-42-37-32-27-22-17-12-7-2)61-62-72(58-53-48-43-38-33-28-23-18-13-8-3)63-64-73-65-67-75(68-66-73)70(76)69-74(59-54-49-44-39-34-29-24-19-14-9-4)60-55-50-45-40-35-30-25-20-15-10-5;1-3-5-7-9-8-6-4-2;1-3-2;5*1-2/h64H,6-63,65-69H2,1-5H3;3-9H2,1-2H3;3H2,1-2H3;5*1-2H3/q+1;;;;;;;. The smallest absolute Gasteiger partial charge is 0.237 e. The predicted octanol–water partition coefficient (Wildman–Crippen LogP) is 30.7. The molecule has 0 unspecified atom stereocenters. The van der Waals surface area contributed by atoms with Crippen molar-refractivity contribution in [1.29, 1.82) is 0 Å². The molecule has 0 aromatic carbocycles. The number of carbonyl (C=O) groups is 1. The van der Waals surface area contributed by atoms with Crippen LogP contribution in [-0.2, 0) is 4.79 Å². The van der Waals surface area contributed by atoms with Crippen molar-refractivity contribution in [2.45, 2.75) is 504 Å². The normalized spacial score (nSPS) is 11.6. The first-order valence-corrected chi connectivity index (χ1v) is 46.4. The van der Waals surface area contributed by atoms with Crippen molar-refractivity contribution >= 4 is 12.1 Å². The Balaban J connectivity index is -0.000000658. The Morgan fingerprint density at radius 3 is 0.643 bits per heavy atom. The molecule has 0 aliphatic carbocycles. The first-order chi connectivity index (χ1) is 48.4. The Hall–Kier alpha value is -0.980. The summed E-state index contributed by atoms with van der Waals surface area (Å²) >= 11 is 0. The average Bonchev–Trinajstić information content (AvgIpc) is 0.965. The molecule has 6 nitrogen and oxygen atoms in total. The van der Waals surface area contributed by atoms with E-state index in [-0.39, 0.29) is 0 Å². The monoisotopic (exact) mass is 1390 g/mol. The minimum atomic E-state index is 0.381. The molecule has 98 heavy (non-hydrogen) atoms. The number of hydrogen-bond acceptors (Lipinski definition) is 4. The van der Waals surface area contributed by atoms with Crippen LogP contribution in [0.1, 0.15) is 504 Å². The lowest BCUT2D eigenvalue weighted by Crippen LogP contribution is -2.49. The molecule has 0 bridgehead atoms. The van der Waals surface area contributed by atoms with E-state index in [0.29, 0.717) is 12.5 Å². The van der Waals surface area contributed by atoms with Gasteiger partial charge in [-0.1, -0.05) is 472 Å². The van der Waals surface area contributed by atoms with Crippen LogP contribution >= 0.6 is 0 Å². The molecule has 1 aliphatic heterocycles. The maximum Gasteiger partial charge on any atom is 0.237 e. The average molecular weight is 1390 g/mol. The molecule has 1 fully saturated rings. The maximum atomic E-state index is 14.0. The highest BCUT2D eigenvalue weighted by atomic mass is 16.2. The van der Waals surface area contributed by atoms with Gasteiger partial charge in [0.05, 0.1) is 26.2 Å². The number of amides is 1. The third kappa shape index (κ3) is 97.1. The highest BCUT2D eigenvalue weighted by Crippen LogP contribution is 2.18. The number of hydrogen-bond donors (Lipinski definition) is 0. The largest absolute Gasteiger partial charge is 0.329 e. The van der Waals surface area contributed by atoms with Gasteiger partial charge in [-0.2, -0.15) is 0 Å². The highest BCUT2D eigenvalue weighted by molar-refractivity contribution is 5.78. The molecule has 598 valence electrons. The van der Waals surface area contributed by atoms with Crippen molar-refractivity contribution in [1.82, 2.24) is 19.6 Å². The van der Waals surface area contributed by atoms with E-state index in [9.17, 15) is 4.79 Å².